The maximum Gasteiger partial charge on any atom is 0.408 e. The van der Waals surface area contributed by atoms with Crippen LogP contribution in [0.2, 0.25) is 0 Å². The van der Waals surface area contributed by atoms with E-state index >= 15 is 0 Å². The molecule has 4 N–H and O–H groups in total. The minimum Gasteiger partial charge on any atom is -0.380 e. The summed E-state index contributed by atoms with van der Waals surface area (Å²) in [6, 6.07) is -1.16. The zero-order valence-corrected chi connectivity index (χ0v) is 16.4. The molecule has 0 spiro atoms. The van der Waals surface area contributed by atoms with Crippen molar-refractivity contribution < 1.29 is 31.9 Å². The van der Waals surface area contributed by atoms with Crippen LogP contribution >= 0.6 is 0 Å². The van der Waals surface area contributed by atoms with E-state index in [0.29, 0.717) is 16.9 Å². The Morgan fingerprint density at radius 3 is 2.61 bits per heavy atom. The summed E-state index contributed by atoms with van der Waals surface area (Å²) in [5.41, 5.74) is 5.16. The topological polar surface area (TPSA) is 106 Å². The smallest absolute Gasteiger partial charge is 0.380 e. The van der Waals surface area contributed by atoms with E-state index in [-0.39, 0.29) is 38.0 Å². The number of carbonyl (C=O) groups excluding carboxylic acids is 1. The molecule has 0 unspecified atom stereocenters. The van der Waals surface area contributed by atoms with Crippen LogP contribution in [-0.2, 0) is 11.2 Å². The number of amides is 1. The van der Waals surface area contributed by atoms with Gasteiger partial charge in [-0.1, -0.05) is 0 Å². The summed E-state index contributed by atoms with van der Waals surface area (Å²) in [6.45, 7) is 0. The molecule has 12 heteroatoms. The average molecular weight is 447 g/mol. The zero-order chi connectivity index (χ0) is 22.6. The molecule has 3 heterocycles. The maximum atomic E-state index is 13.4. The van der Waals surface area contributed by atoms with E-state index in [4.69, 9.17) is 5.73 Å². The molecule has 2 fully saturated rings. The number of aliphatic hydroxyl groups is 1. The third kappa shape index (κ3) is 4.36. The summed E-state index contributed by atoms with van der Waals surface area (Å²) in [5.74, 6) is -3.90. The lowest BCUT2D eigenvalue weighted by atomic mass is 9.81. The van der Waals surface area contributed by atoms with Crippen LogP contribution in [0, 0.1) is 5.92 Å². The Labute approximate surface area is 173 Å². The molecule has 3 atom stereocenters. The molecule has 1 saturated heterocycles. The van der Waals surface area contributed by atoms with Crippen LogP contribution in [0.25, 0.3) is 5.65 Å². The van der Waals surface area contributed by atoms with Crippen LogP contribution in [0.3, 0.4) is 0 Å². The van der Waals surface area contributed by atoms with Gasteiger partial charge in [0.25, 0.3) is 5.91 Å². The fourth-order valence-electron chi connectivity index (χ4n) is 4.32. The Hall–Kier alpha value is -2.34. The van der Waals surface area contributed by atoms with E-state index in [1.54, 1.807) is 11.5 Å². The first-order valence-electron chi connectivity index (χ1n) is 9.94. The summed E-state index contributed by atoms with van der Waals surface area (Å²) in [5, 5.41) is 16.4. The molecule has 4 rings (SSSR count). The number of nitrogens with two attached hydrogens (primary N) is 1. The molecule has 0 radical (unpaired) electrons. The SMILES string of the molecule is N[C@H](c1cn2ncc(C[C@@]3(O)C[C@@H](C(F)(F)F)NC3=O)cc2n1)C1CCC(F)(F)CC1. The van der Waals surface area contributed by atoms with Crippen molar-refractivity contribution in [1.29, 1.82) is 0 Å². The summed E-state index contributed by atoms with van der Waals surface area (Å²) in [7, 11) is 0. The fourth-order valence-corrected chi connectivity index (χ4v) is 4.32. The van der Waals surface area contributed by atoms with E-state index < -0.39 is 42.1 Å². The second-order valence-electron chi connectivity index (χ2n) is 8.53. The monoisotopic (exact) mass is 447 g/mol. The van der Waals surface area contributed by atoms with E-state index in [1.165, 1.54) is 16.8 Å². The van der Waals surface area contributed by atoms with Crippen LogP contribution in [0.15, 0.2) is 18.5 Å². The Bertz CT molecular complexity index is 984. The lowest BCUT2D eigenvalue weighted by molar-refractivity contribution is -0.155. The van der Waals surface area contributed by atoms with Gasteiger partial charge in [0.2, 0.25) is 5.92 Å². The van der Waals surface area contributed by atoms with Gasteiger partial charge in [-0.05, 0) is 30.4 Å². The molecular weight excluding hydrogens is 425 g/mol. The number of fused-ring (bicyclic) bond motifs is 1. The minimum atomic E-state index is -4.65. The fraction of sp³-hybridized carbons (Fsp3) is 0.632. The molecule has 1 aliphatic carbocycles. The van der Waals surface area contributed by atoms with E-state index in [9.17, 15) is 31.9 Å². The number of hydrogen-bond acceptors (Lipinski definition) is 5. The molecule has 0 bridgehead atoms. The van der Waals surface area contributed by atoms with Gasteiger partial charge in [0, 0.05) is 25.7 Å². The third-order valence-corrected chi connectivity index (χ3v) is 6.17. The Morgan fingerprint density at radius 1 is 1.32 bits per heavy atom. The molecular formula is C19H22F5N5O2. The highest BCUT2D eigenvalue weighted by atomic mass is 19.4. The van der Waals surface area contributed by atoms with Crippen molar-refractivity contribution in [2.24, 2.45) is 11.7 Å². The second-order valence-corrected chi connectivity index (χ2v) is 8.53. The van der Waals surface area contributed by atoms with Crippen LogP contribution in [0.1, 0.15) is 49.4 Å². The third-order valence-electron chi connectivity index (χ3n) is 6.17. The van der Waals surface area contributed by atoms with Gasteiger partial charge >= 0.3 is 6.18 Å². The second kappa shape index (κ2) is 7.37. The number of carbonyl (C=O) groups is 1. The molecule has 2 aliphatic rings. The van der Waals surface area contributed by atoms with Crippen LogP contribution < -0.4 is 11.1 Å². The van der Waals surface area contributed by atoms with Gasteiger partial charge in [-0.3, -0.25) is 4.79 Å². The van der Waals surface area contributed by atoms with Gasteiger partial charge in [0.15, 0.2) is 5.65 Å². The normalized spacial score (nSPS) is 28.1. The summed E-state index contributed by atoms with van der Waals surface area (Å²) in [4.78, 5) is 16.3. The lowest BCUT2D eigenvalue weighted by Crippen LogP contribution is -2.41. The number of aromatic nitrogens is 3. The minimum absolute atomic E-state index is 0.147. The average Bonchev–Trinajstić information content (AvgIpc) is 3.22. The number of imidazole rings is 1. The Balaban J connectivity index is 1.50. The Morgan fingerprint density at radius 2 is 2.00 bits per heavy atom. The molecule has 170 valence electrons. The highest BCUT2D eigenvalue weighted by molar-refractivity contribution is 5.88. The number of rotatable bonds is 4. The molecule has 1 saturated carbocycles. The van der Waals surface area contributed by atoms with Gasteiger partial charge in [-0.25, -0.2) is 18.3 Å². The van der Waals surface area contributed by atoms with Gasteiger partial charge in [0.05, 0.1) is 24.1 Å². The van der Waals surface area contributed by atoms with Crippen LogP contribution in [0.5, 0.6) is 0 Å². The molecule has 1 aliphatic heterocycles. The Kier molecular flexibility index (Phi) is 5.20. The molecule has 0 aromatic carbocycles. The van der Waals surface area contributed by atoms with Crippen molar-refractivity contribution in [1.82, 2.24) is 19.9 Å². The highest BCUT2D eigenvalue weighted by Crippen LogP contribution is 2.40. The first-order valence-corrected chi connectivity index (χ1v) is 9.94. The predicted molar refractivity (Wildman–Crippen MR) is 98.1 cm³/mol. The highest BCUT2D eigenvalue weighted by Gasteiger charge is 2.54. The van der Waals surface area contributed by atoms with Crippen molar-refractivity contribution in [3.63, 3.8) is 0 Å². The number of hydrogen-bond donors (Lipinski definition) is 3. The first kappa shape index (κ1) is 21.9. The summed E-state index contributed by atoms with van der Waals surface area (Å²) in [6.07, 6.45) is -2.78. The maximum absolute atomic E-state index is 13.4. The van der Waals surface area contributed by atoms with Gasteiger partial charge < -0.3 is 16.2 Å². The van der Waals surface area contributed by atoms with E-state index in [2.05, 4.69) is 10.1 Å². The number of halogens is 5. The largest absolute Gasteiger partial charge is 0.408 e. The van der Waals surface area contributed by atoms with Gasteiger partial charge in [0.1, 0.15) is 11.6 Å². The number of nitrogens with zero attached hydrogens (tertiary/aromatic N) is 3. The zero-order valence-electron chi connectivity index (χ0n) is 16.4. The lowest BCUT2D eigenvalue weighted by Gasteiger charge is -2.31. The molecule has 31 heavy (non-hydrogen) atoms. The van der Waals surface area contributed by atoms with Crippen molar-refractivity contribution in [2.75, 3.05) is 0 Å². The molecule has 2 aromatic rings. The van der Waals surface area contributed by atoms with E-state index in [1.807, 2.05) is 0 Å². The van der Waals surface area contributed by atoms with Gasteiger partial charge in [-0.15, -0.1) is 0 Å². The molecule has 1 amide bonds. The van der Waals surface area contributed by atoms with Gasteiger partial charge in [-0.2, -0.15) is 18.3 Å². The molecule has 7 nitrogen and oxygen atoms in total. The first-order chi connectivity index (χ1) is 14.4. The van der Waals surface area contributed by atoms with E-state index in [0.717, 1.165) is 0 Å². The molecule has 2 aromatic heterocycles. The number of alkyl halides is 5. The standard InChI is InChI=1S/C19H22F5N5O2/c20-18(21)3-1-11(2-4-18)15(25)12-9-29-14(27-12)5-10(8-26-29)6-17(31)7-13(19(22,23)24)28-16(17)30/h5,8-9,11,13,15,31H,1-4,6-7,25H2,(H,28,30)/t13-,15-,17+/m0/s1. The van der Waals surface area contributed by atoms with Crippen molar-refractivity contribution >= 4 is 11.6 Å². The summed E-state index contributed by atoms with van der Waals surface area (Å²) < 4.78 is 66.9. The van der Waals surface area contributed by atoms with Crippen LogP contribution in [0.4, 0.5) is 22.0 Å². The summed E-state index contributed by atoms with van der Waals surface area (Å²) >= 11 is 0. The van der Waals surface area contributed by atoms with Crippen molar-refractivity contribution in [3.05, 3.63) is 29.7 Å². The van der Waals surface area contributed by atoms with Crippen molar-refractivity contribution in [2.45, 2.75) is 68.3 Å². The quantitative estimate of drug-likeness (QED) is 0.624. The van der Waals surface area contributed by atoms with Crippen molar-refractivity contribution in [3.8, 4) is 0 Å². The predicted octanol–water partition coefficient (Wildman–Crippen LogP) is 2.28. The number of nitrogens with one attached hydrogen (secondary N) is 1. The van der Waals surface area contributed by atoms with Crippen LogP contribution in [-0.4, -0.2) is 49.4 Å².